The van der Waals surface area contributed by atoms with Crippen LogP contribution in [-0.2, 0) is 0 Å². The number of hydrogen-bond donors (Lipinski definition) is 2. The van der Waals surface area contributed by atoms with E-state index in [9.17, 15) is 4.79 Å². The summed E-state index contributed by atoms with van der Waals surface area (Å²) in [5.41, 5.74) is 0.113. The minimum atomic E-state index is -0.276. The lowest BCUT2D eigenvalue weighted by Crippen LogP contribution is -2.41. The van der Waals surface area contributed by atoms with Crippen molar-refractivity contribution in [2.75, 3.05) is 5.32 Å². The van der Waals surface area contributed by atoms with Crippen molar-refractivity contribution in [3.63, 3.8) is 0 Å². The second-order valence-electron chi connectivity index (χ2n) is 5.69. The SMILES string of the molecule is Cc1nc(NC(C)C)cc(C(=O)NC(C)(C)C)n1. The molecule has 0 aliphatic carbocycles. The highest BCUT2D eigenvalue weighted by Gasteiger charge is 2.17. The van der Waals surface area contributed by atoms with Gasteiger partial charge in [0, 0.05) is 17.6 Å². The van der Waals surface area contributed by atoms with Crippen LogP contribution in [-0.4, -0.2) is 27.5 Å². The third-order valence-corrected chi connectivity index (χ3v) is 2.00. The normalized spacial score (nSPS) is 11.5. The van der Waals surface area contributed by atoms with Gasteiger partial charge in [0.15, 0.2) is 0 Å². The maximum Gasteiger partial charge on any atom is 0.270 e. The van der Waals surface area contributed by atoms with Crippen LogP contribution in [0.15, 0.2) is 6.07 Å². The largest absolute Gasteiger partial charge is 0.368 e. The standard InChI is InChI=1S/C13H22N4O/c1-8(2)14-11-7-10(15-9(3)16-11)12(18)17-13(4,5)6/h7-8H,1-6H3,(H,17,18)(H,14,15,16). The van der Waals surface area contributed by atoms with Gasteiger partial charge in [-0.15, -0.1) is 0 Å². The first-order valence-electron chi connectivity index (χ1n) is 6.12. The van der Waals surface area contributed by atoms with Crippen molar-refractivity contribution >= 4 is 11.7 Å². The van der Waals surface area contributed by atoms with Gasteiger partial charge in [0.05, 0.1) is 0 Å². The first-order chi connectivity index (χ1) is 8.17. The fraction of sp³-hybridized carbons (Fsp3) is 0.615. The zero-order valence-corrected chi connectivity index (χ0v) is 12.0. The first kappa shape index (κ1) is 14.4. The highest BCUT2D eigenvalue weighted by Crippen LogP contribution is 2.09. The van der Waals surface area contributed by atoms with E-state index in [1.54, 1.807) is 13.0 Å². The Balaban J connectivity index is 2.95. The minimum Gasteiger partial charge on any atom is -0.368 e. The summed E-state index contributed by atoms with van der Waals surface area (Å²) in [6.07, 6.45) is 0. The van der Waals surface area contributed by atoms with Gasteiger partial charge in [-0.2, -0.15) is 0 Å². The molecule has 1 aromatic rings. The van der Waals surface area contributed by atoms with Gasteiger partial charge in [-0.1, -0.05) is 0 Å². The molecular formula is C13H22N4O. The van der Waals surface area contributed by atoms with Crippen LogP contribution in [0.2, 0.25) is 0 Å². The number of amides is 1. The average molecular weight is 250 g/mol. The predicted octanol–water partition coefficient (Wildman–Crippen LogP) is 2.13. The van der Waals surface area contributed by atoms with Crippen molar-refractivity contribution in [1.29, 1.82) is 0 Å². The van der Waals surface area contributed by atoms with Crippen LogP contribution in [0.1, 0.15) is 50.9 Å². The van der Waals surface area contributed by atoms with Crippen LogP contribution >= 0.6 is 0 Å². The number of hydrogen-bond acceptors (Lipinski definition) is 4. The van der Waals surface area contributed by atoms with Gasteiger partial charge >= 0.3 is 0 Å². The fourth-order valence-corrected chi connectivity index (χ4v) is 1.46. The van der Waals surface area contributed by atoms with E-state index in [0.717, 1.165) is 0 Å². The Bertz CT molecular complexity index is 435. The van der Waals surface area contributed by atoms with Crippen LogP contribution in [0, 0.1) is 6.92 Å². The molecule has 0 atom stereocenters. The van der Waals surface area contributed by atoms with Crippen molar-refractivity contribution in [1.82, 2.24) is 15.3 Å². The highest BCUT2D eigenvalue weighted by molar-refractivity contribution is 5.93. The maximum absolute atomic E-state index is 12.0. The third-order valence-electron chi connectivity index (χ3n) is 2.00. The number of carbonyl (C=O) groups excluding carboxylic acids is 1. The zero-order chi connectivity index (χ0) is 13.9. The Morgan fingerprint density at radius 2 is 1.89 bits per heavy atom. The van der Waals surface area contributed by atoms with Crippen LogP contribution in [0.5, 0.6) is 0 Å². The van der Waals surface area contributed by atoms with Crippen molar-refractivity contribution in [3.8, 4) is 0 Å². The van der Waals surface area contributed by atoms with Gasteiger partial charge in [0.1, 0.15) is 17.3 Å². The van der Waals surface area contributed by atoms with E-state index in [1.165, 1.54) is 0 Å². The van der Waals surface area contributed by atoms with Crippen molar-refractivity contribution in [2.24, 2.45) is 0 Å². The minimum absolute atomic E-state index is 0.181. The molecule has 1 heterocycles. The van der Waals surface area contributed by atoms with Crippen LogP contribution in [0.3, 0.4) is 0 Å². The Kier molecular flexibility index (Phi) is 4.27. The van der Waals surface area contributed by atoms with Crippen LogP contribution in [0.25, 0.3) is 0 Å². The molecule has 0 fully saturated rings. The summed E-state index contributed by atoms with van der Waals surface area (Å²) < 4.78 is 0. The molecule has 0 radical (unpaired) electrons. The van der Waals surface area contributed by atoms with E-state index < -0.39 is 0 Å². The summed E-state index contributed by atoms with van der Waals surface area (Å²) in [4.78, 5) is 20.4. The molecule has 5 heteroatoms. The van der Waals surface area contributed by atoms with E-state index in [-0.39, 0.29) is 17.5 Å². The fourth-order valence-electron chi connectivity index (χ4n) is 1.46. The average Bonchev–Trinajstić information content (AvgIpc) is 2.12. The number of nitrogens with zero attached hydrogens (tertiary/aromatic N) is 2. The smallest absolute Gasteiger partial charge is 0.270 e. The van der Waals surface area contributed by atoms with Gasteiger partial charge in [-0.05, 0) is 41.5 Å². The number of carbonyl (C=O) groups is 1. The van der Waals surface area contributed by atoms with Gasteiger partial charge in [-0.3, -0.25) is 4.79 Å². The Hall–Kier alpha value is -1.65. The van der Waals surface area contributed by atoms with Gasteiger partial charge in [-0.25, -0.2) is 9.97 Å². The van der Waals surface area contributed by atoms with E-state index in [0.29, 0.717) is 17.3 Å². The van der Waals surface area contributed by atoms with Gasteiger partial charge in [0.2, 0.25) is 0 Å². The third kappa shape index (κ3) is 4.69. The number of anilines is 1. The van der Waals surface area contributed by atoms with Crippen LogP contribution in [0.4, 0.5) is 5.82 Å². The molecule has 18 heavy (non-hydrogen) atoms. The number of aromatic nitrogens is 2. The molecule has 0 aromatic carbocycles. The topological polar surface area (TPSA) is 66.9 Å². The Morgan fingerprint density at radius 3 is 2.39 bits per heavy atom. The highest BCUT2D eigenvalue weighted by atomic mass is 16.2. The summed E-state index contributed by atoms with van der Waals surface area (Å²) in [5, 5.41) is 6.06. The van der Waals surface area contributed by atoms with Gasteiger partial charge in [0.25, 0.3) is 5.91 Å². The molecule has 1 aromatic heterocycles. The number of rotatable bonds is 3. The second-order valence-corrected chi connectivity index (χ2v) is 5.69. The molecule has 0 bridgehead atoms. The lowest BCUT2D eigenvalue weighted by atomic mass is 10.1. The summed E-state index contributed by atoms with van der Waals surface area (Å²) >= 11 is 0. The zero-order valence-electron chi connectivity index (χ0n) is 12.0. The van der Waals surface area contributed by atoms with E-state index in [4.69, 9.17) is 0 Å². The van der Waals surface area contributed by atoms with Gasteiger partial charge < -0.3 is 10.6 Å². The monoisotopic (exact) mass is 250 g/mol. The molecule has 2 N–H and O–H groups in total. The van der Waals surface area contributed by atoms with E-state index in [1.807, 2.05) is 34.6 Å². The molecule has 0 aliphatic heterocycles. The molecule has 100 valence electrons. The number of nitrogens with one attached hydrogen (secondary N) is 2. The Morgan fingerprint density at radius 1 is 1.28 bits per heavy atom. The summed E-state index contributed by atoms with van der Waals surface area (Å²) in [7, 11) is 0. The Labute approximate surface area is 108 Å². The quantitative estimate of drug-likeness (QED) is 0.862. The van der Waals surface area contributed by atoms with Crippen molar-refractivity contribution in [3.05, 3.63) is 17.6 Å². The molecular weight excluding hydrogens is 228 g/mol. The molecule has 5 nitrogen and oxygen atoms in total. The number of aryl methyl sites for hydroxylation is 1. The predicted molar refractivity (Wildman–Crippen MR) is 72.7 cm³/mol. The summed E-state index contributed by atoms with van der Waals surface area (Å²) in [6, 6.07) is 1.94. The summed E-state index contributed by atoms with van der Waals surface area (Å²) in [6.45, 7) is 11.6. The van der Waals surface area contributed by atoms with E-state index >= 15 is 0 Å². The molecule has 1 amide bonds. The molecule has 0 unspecified atom stereocenters. The molecule has 0 aliphatic rings. The molecule has 0 saturated heterocycles. The molecule has 0 saturated carbocycles. The second kappa shape index (κ2) is 5.33. The maximum atomic E-state index is 12.0. The lowest BCUT2D eigenvalue weighted by Gasteiger charge is -2.20. The lowest BCUT2D eigenvalue weighted by molar-refractivity contribution is 0.0914. The molecule has 1 rings (SSSR count). The summed E-state index contributed by atoms with van der Waals surface area (Å²) in [5.74, 6) is 1.08. The van der Waals surface area contributed by atoms with Crippen molar-refractivity contribution < 1.29 is 4.79 Å². The van der Waals surface area contributed by atoms with Crippen LogP contribution < -0.4 is 10.6 Å². The first-order valence-corrected chi connectivity index (χ1v) is 6.12. The van der Waals surface area contributed by atoms with Crippen molar-refractivity contribution in [2.45, 2.75) is 53.1 Å². The van der Waals surface area contributed by atoms with E-state index in [2.05, 4.69) is 20.6 Å². The molecule has 0 spiro atoms.